The third-order valence-corrected chi connectivity index (χ3v) is 2.62. The molecule has 7 heteroatoms. The fraction of sp³-hybridized carbons (Fsp3) is 0.385. The molecule has 0 saturated carbocycles. The van der Waals surface area contributed by atoms with E-state index in [1.54, 1.807) is 13.8 Å². The molecule has 0 aromatic heterocycles. The van der Waals surface area contributed by atoms with Gasteiger partial charge in [0.1, 0.15) is 11.1 Å². The number of hydrogen-bond acceptors (Lipinski definition) is 6. The number of carboxylic acids is 1. The van der Waals surface area contributed by atoms with E-state index in [0.717, 1.165) is 12.1 Å². The summed E-state index contributed by atoms with van der Waals surface area (Å²) >= 11 is 0. The number of aromatic carboxylic acids is 1. The maximum atomic E-state index is 11.7. The Kier molecular flexibility index (Phi) is 4.57. The second-order valence-electron chi connectivity index (χ2n) is 5.06. The number of benzene rings is 1. The summed E-state index contributed by atoms with van der Waals surface area (Å²) < 4.78 is 4.90. The van der Waals surface area contributed by atoms with E-state index < -0.39 is 34.4 Å². The van der Waals surface area contributed by atoms with E-state index in [1.165, 1.54) is 0 Å². The van der Waals surface area contributed by atoms with Gasteiger partial charge in [-0.3, -0.25) is 0 Å². The zero-order chi connectivity index (χ0) is 15.5. The van der Waals surface area contributed by atoms with E-state index in [1.807, 2.05) is 0 Å². The van der Waals surface area contributed by atoms with Crippen molar-refractivity contribution in [1.82, 2.24) is 0 Å². The van der Waals surface area contributed by atoms with Gasteiger partial charge in [0.15, 0.2) is 11.5 Å². The molecule has 0 radical (unpaired) electrons. The van der Waals surface area contributed by atoms with Crippen LogP contribution in [0.25, 0.3) is 0 Å². The van der Waals surface area contributed by atoms with E-state index in [-0.39, 0.29) is 18.8 Å². The van der Waals surface area contributed by atoms with Crippen molar-refractivity contribution in [3.05, 3.63) is 23.3 Å². The monoisotopic (exact) mass is 284 g/mol. The number of carboxylic acid groups (broad SMARTS) is 1. The van der Waals surface area contributed by atoms with Crippen molar-refractivity contribution < 1.29 is 34.8 Å². The number of esters is 1. The topological polar surface area (TPSA) is 124 Å². The first kappa shape index (κ1) is 15.8. The van der Waals surface area contributed by atoms with Crippen molar-refractivity contribution in [3.63, 3.8) is 0 Å². The molecule has 110 valence electrons. The molecule has 0 spiro atoms. The van der Waals surface area contributed by atoms with Crippen LogP contribution in [-0.4, -0.2) is 45.6 Å². The number of carbonyl (C=O) groups is 2. The molecule has 0 aliphatic rings. The van der Waals surface area contributed by atoms with Crippen LogP contribution in [0.15, 0.2) is 12.1 Å². The number of aromatic hydroxyl groups is 2. The molecule has 4 N–H and O–H groups in total. The van der Waals surface area contributed by atoms with Crippen molar-refractivity contribution in [2.45, 2.75) is 13.8 Å². The van der Waals surface area contributed by atoms with Gasteiger partial charge in [0.05, 0.1) is 13.2 Å². The Morgan fingerprint density at radius 3 is 2.15 bits per heavy atom. The van der Waals surface area contributed by atoms with Gasteiger partial charge in [0, 0.05) is 5.41 Å². The normalized spacial score (nSPS) is 11.2. The van der Waals surface area contributed by atoms with Crippen LogP contribution in [0.4, 0.5) is 0 Å². The fourth-order valence-electron chi connectivity index (χ4n) is 1.30. The fourth-order valence-corrected chi connectivity index (χ4v) is 1.30. The first-order valence-corrected chi connectivity index (χ1v) is 5.76. The minimum Gasteiger partial charge on any atom is -0.504 e. The van der Waals surface area contributed by atoms with Crippen LogP contribution in [0.1, 0.15) is 34.6 Å². The summed E-state index contributed by atoms with van der Waals surface area (Å²) in [6.45, 7) is 3.05. The predicted molar refractivity (Wildman–Crippen MR) is 67.9 cm³/mol. The Labute approximate surface area is 115 Å². The predicted octanol–water partition coefficient (Wildman–Crippen LogP) is 0.971. The maximum absolute atomic E-state index is 11.7. The second-order valence-corrected chi connectivity index (χ2v) is 5.06. The van der Waals surface area contributed by atoms with Crippen LogP contribution < -0.4 is 0 Å². The SMILES string of the molecule is CC(C)(CO)COC(=O)c1ccc(C(=O)O)c(O)c1O. The number of phenolic OH excluding ortho intramolecular Hbond substituents is 1. The summed E-state index contributed by atoms with van der Waals surface area (Å²) in [5.74, 6) is -4.10. The lowest BCUT2D eigenvalue weighted by molar-refractivity contribution is 0.0215. The molecular formula is C13H16O7. The third-order valence-electron chi connectivity index (χ3n) is 2.62. The number of aliphatic hydroxyl groups excluding tert-OH is 1. The lowest BCUT2D eigenvalue weighted by Crippen LogP contribution is -2.25. The summed E-state index contributed by atoms with van der Waals surface area (Å²) in [4.78, 5) is 22.5. The third kappa shape index (κ3) is 3.39. The van der Waals surface area contributed by atoms with E-state index in [9.17, 15) is 19.8 Å². The molecule has 0 aliphatic heterocycles. The van der Waals surface area contributed by atoms with E-state index in [4.69, 9.17) is 14.9 Å². The molecule has 0 aliphatic carbocycles. The summed E-state index contributed by atoms with van der Waals surface area (Å²) in [6, 6.07) is 2.04. The quantitative estimate of drug-likeness (QED) is 0.469. The minimum atomic E-state index is -1.43. The molecule has 1 aromatic rings. The van der Waals surface area contributed by atoms with Gasteiger partial charge in [-0.15, -0.1) is 0 Å². The first-order valence-electron chi connectivity index (χ1n) is 5.76. The summed E-state index contributed by atoms with van der Waals surface area (Å²) in [5.41, 5.74) is -1.51. The van der Waals surface area contributed by atoms with Crippen LogP contribution in [0, 0.1) is 5.41 Å². The van der Waals surface area contributed by atoms with Crippen molar-refractivity contribution in [2.75, 3.05) is 13.2 Å². The molecule has 0 bridgehead atoms. The standard InChI is InChI=1S/C13H16O7/c1-13(2,5-14)6-20-12(19)8-4-3-7(11(17)18)9(15)10(8)16/h3-4,14-16H,5-6H2,1-2H3,(H,17,18). The van der Waals surface area contributed by atoms with Crippen molar-refractivity contribution in [3.8, 4) is 11.5 Å². The summed E-state index contributed by atoms with van der Waals surface area (Å²) in [7, 11) is 0. The molecule has 0 heterocycles. The van der Waals surface area contributed by atoms with Crippen LogP contribution in [-0.2, 0) is 4.74 Å². The molecule has 7 nitrogen and oxygen atoms in total. The lowest BCUT2D eigenvalue weighted by atomic mass is 9.96. The molecule has 0 unspecified atom stereocenters. The van der Waals surface area contributed by atoms with Crippen LogP contribution in [0.5, 0.6) is 11.5 Å². The van der Waals surface area contributed by atoms with E-state index >= 15 is 0 Å². The van der Waals surface area contributed by atoms with Gasteiger partial charge < -0.3 is 25.2 Å². The van der Waals surface area contributed by atoms with Crippen LogP contribution >= 0.6 is 0 Å². The number of carbonyl (C=O) groups excluding carboxylic acids is 1. The minimum absolute atomic E-state index is 0.0940. The molecule has 0 saturated heterocycles. The summed E-state index contributed by atoms with van der Waals surface area (Å²) in [5, 5.41) is 36.9. The largest absolute Gasteiger partial charge is 0.504 e. The van der Waals surface area contributed by atoms with Gasteiger partial charge >= 0.3 is 11.9 Å². The van der Waals surface area contributed by atoms with E-state index in [0.29, 0.717) is 0 Å². The van der Waals surface area contributed by atoms with E-state index in [2.05, 4.69) is 0 Å². The summed E-state index contributed by atoms with van der Waals surface area (Å²) in [6.07, 6.45) is 0. The first-order chi connectivity index (χ1) is 9.19. The highest BCUT2D eigenvalue weighted by Gasteiger charge is 2.24. The number of ether oxygens (including phenoxy) is 1. The highest BCUT2D eigenvalue weighted by atomic mass is 16.5. The number of hydrogen-bond donors (Lipinski definition) is 4. The zero-order valence-electron chi connectivity index (χ0n) is 11.1. The van der Waals surface area contributed by atoms with Gasteiger partial charge in [-0.25, -0.2) is 9.59 Å². The average Bonchev–Trinajstić information content (AvgIpc) is 2.38. The Morgan fingerprint density at radius 2 is 1.65 bits per heavy atom. The average molecular weight is 284 g/mol. The number of phenols is 2. The van der Waals surface area contributed by atoms with Gasteiger partial charge in [0.2, 0.25) is 0 Å². The maximum Gasteiger partial charge on any atom is 0.342 e. The smallest absolute Gasteiger partial charge is 0.342 e. The van der Waals surface area contributed by atoms with Crippen LogP contribution in [0.2, 0.25) is 0 Å². The highest BCUT2D eigenvalue weighted by Crippen LogP contribution is 2.33. The van der Waals surface area contributed by atoms with Crippen molar-refractivity contribution >= 4 is 11.9 Å². The zero-order valence-corrected chi connectivity index (χ0v) is 11.1. The van der Waals surface area contributed by atoms with Gasteiger partial charge in [0.25, 0.3) is 0 Å². The van der Waals surface area contributed by atoms with Gasteiger partial charge in [-0.2, -0.15) is 0 Å². The highest BCUT2D eigenvalue weighted by molar-refractivity contribution is 5.98. The number of rotatable bonds is 5. The molecule has 0 atom stereocenters. The Bertz CT molecular complexity index is 534. The molecule has 1 aromatic carbocycles. The Morgan fingerprint density at radius 1 is 1.15 bits per heavy atom. The van der Waals surface area contributed by atoms with Crippen molar-refractivity contribution in [2.24, 2.45) is 5.41 Å². The molecule has 0 fully saturated rings. The Balaban J connectivity index is 2.95. The van der Waals surface area contributed by atoms with Gasteiger partial charge in [-0.1, -0.05) is 13.8 Å². The van der Waals surface area contributed by atoms with Gasteiger partial charge in [-0.05, 0) is 12.1 Å². The molecule has 20 heavy (non-hydrogen) atoms. The van der Waals surface area contributed by atoms with Crippen LogP contribution in [0.3, 0.4) is 0 Å². The molecular weight excluding hydrogens is 268 g/mol. The van der Waals surface area contributed by atoms with Crippen molar-refractivity contribution in [1.29, 1.82) is 0 Å². The Hall–Kier alpha value is -2.28. The molecule has 0 amide bonds. The molecule has 1 rings (SSSR count). The lowest BCUT2D eigenvalue weighted by Gasteiger charge is -2.21. The second kappa shape index (κ2) is 5.79. The number of aliphatic hydroxyl groups is 1.